The van der Waals surface area contributed by atoms with E-state index in [1.54, 1.807) is 26.2 Å². The molecule has 30 heteroatoms. The average Bonchev–Trinajstić information content (AvgIpc) is 1.01. The molecule has 8 N–H and O–H groups in total. The molecular weight excluding hydrogens is 1260 g/mol. The van der Waals surface area contributed by atoms with Crippen LogP contribution in [-0.4, -0.2) is 230 Å². The minimum Gasteiger partial charge on any atom is -0.493 e. The Kier molecular flexibility index (Phi) is 25.0. The minimum absolute atomic E-state index is 0.0860. The molecule has 26 nitrogen and oxygen atoms in total. The third-order valence-electron chi connectivity index (χ3n) is 15.9. The summed E-state index contributed by atoms with van der Waals surface area (Å²) in [5.41, 5.74) is -0.864. The fourth-order valence-electron chi connectivity index (χ4n) is 11.3. The molecule has 1 aromatic rings. The molecule has 496 valence electrons. The molecule has 1 aromatic carbocycles. The summed E-state index contributed by atoms with van der Waals surface area (Å²) in [7, 11) is 9.38. The van der Waals surface area contributed by atoms with Gasteiger partial charge in [0.25, 0.3) is 5.91 Å². The fourth-order valence-corrected chi connectivity index (χ4v) is 15.9. The number of carbonyl (C=O) groups excluding carboxylic acids is 4. The number of alkyl carbamates (subject to hydrolysis) is 1. The number of methoxy groups -OCH3 is 5. The Hall–Kier alpha value is -4.62. The van der Waals surface area contributed by atoms with Gasteiger partial charge in [-0.3, -0.25) is 19.7 Å². The number of carbonyl (C=O) groups is 4. The van der Waals surface area contributed by atoms with Gasteiger partial charge in [-0.25, -0.2) is 9.59 Å². The number of anilines is 1. The van der Waals surface area contributed by atoms with E-state index in [0.717, 1.165) is 7.11 Å². The lowest BCUT2D eigenvalue weighted by Crippen LogP contribution is -2.65. The summed E-state index contributed by atoms with van der Waals surface area (Å²) in [5.74, 6) is 9.42. The molecule has 2 bridgehead atoms. The van der Waals surface area contributed by atoms with E-state index in [-0.39, 0.29) is 88.3 Å². The number of aliphatic hydroxyl groups is 4. The quantitative estimate of drug-likeness (QED) is 0.0195. The maximum absolute atomic E-state index is 15.7. The van der Waals surface area contributed by atoms with Gasteiger partial charge in [-0.1, -0.05) is 71.8 Å². The summed E-state index contributed by atoms with van der Waals surface area (Å²) in [6, 6.07) is 1.39. The van der Waals surface area contributed by atoms with Crippen molar-refractivity contribution < 1.29 is 106 Å². The van der Waals surface area contributed by atoms with Crippen molar-refractivity contribution in [1.29, 1.82) is 0 Å². The monoisotopic (exact) mass is 1340 g/mol. The van der Waals surface area contributed by atoms with Crippen molar-refractivity contribution >= 4 is 74.6 Å². The molecule has 20 atom stereocenters. The third kappa shape index (κ3) is 16.1. The number of benzene rings is 1. The molecule has 0 saturated carbocycles. The number of Topliss-reactive ketones (excluding diaryl/α,β-unsaturated/α-hetero) is 1. The molecule has 7 aliphatic rings. The number of ketones is 1. The van der Waals surface area contributed by atoms with Crippen LogP contribution in [0, 0.1) is 23.7 Å². The third-order valence-corrected chi connectivity index (χ3v) is 21.0. The number of hydrogen-bond donors (Lipinski definition) is 8. The largest absolute Gasteiger partial charge is 0.493 e. The Labute approximate surface area is 539 Å². The first-order chi connectivity index (χ1) is 42.9. The topological polar surface area (TPSA) is 327 Å². The van der Waals surface area contributed by atoms with Crippen LogP contribution in [0.4, 0.5) is 10.5 Å². The zero-order valence-corrected chi connectivity index (χ0v) is 55.1. The SMILES string of the molecule is C=C(OC)C(=O)Nc1cc(OC)c(OC)cc1C(=O)O[C@H]1CC(O[C@@H]2C(=O)C(NC(=O)OC)=C3/C4=C\CSC(SSC)(C#C[C@@H]3O[C@@H]3O[C@H](C)[C@@H](NO[C@H]5C[C@H](O)[C@H](SC)[C@@H](C)O5)[C@H](O)[C@H]3O[C@H]3C[C@H](OC)[C@@H](NC(C)C)CO3)/C=C\C#C[C@@]42O)O[C@@H](C)[C@@H]1O. The van der Waals surface area contributed by atoms with Gasteiger partial charge in [-0.05, 0) is 45.4 Å². The highest BCUT2D eigenvalue weighted by Gasteiger charge is 2.57. The van der Waals surface area contributed by atoms with Gasteiger partial charge >= 0.3 is 12.1 Å². The fraction of sp³-hybridized carbons (Fsp3) is 0.633. The number of esters is 1. The number of allylic oxidation sites excluding steroid dienone is 1. The van der Waals surface area contributed by atoms with Crippen molar-refractivity contribution in [2.75, 3.05) is 65.7 Å². The van der Waals surface area contributed by atoms with Crippen LogP contribution in [-0.2, 0) is 66.5 Å². The Morgan fingerprint density at radius 1 is 0.856 bits per heavy atom. The van der Waals surface area contributed by atoms with Gasteiger partial charge < -0.3 is 92.6 Å². The molecule has 2 unspecified atom stereocenters. The highest BCUT2D eigenvalue weighted by Crippen LogP contribution is 2.48. The molecule has 4 fully saturated rings. The van der Waals surface area contributed by atoms with Gasteiger partial charge in [-0.15, -0.1) is 11.8 Å². The second-order valence-electron chi connectivity index (χ2n) is 22.1. The summed E-state index contributed by atoms with van der Waals surface area (Å²) in [6.07, 6.45) is -11.1. The van der Waals surface area contributed by atoms with Gasteiger partial charge in [0.15, 0.2) is 58.2 Å². The maximum Gasteiger partial charge on any atom is 0.411 e. The molecule has 8 rings (SSSR count). The summed E-state index contributed by atoms with van der Waals surface area (Å²) in [4.78, 5) is 62.7. The number of ether oxygens (including phenoxy) is 13. The number of amides is 2. The molecular formula is C60H80N4O22S4. The van der Waals surface area contributed by atoms with Crippen LogP contribution in [0.2, 0.25) is 0 Å². The molecule has 6 heterocycles. The maximum atomic E-state index is 15.7. The summed E-state index contributed by atoms with van der Waals surface area (Å²) in [6.45, 7) is 12.7. The second-order valence-corrected chi connectivity index (χ2v) is 27.3. The molecule has 0 spiro atoms. The van der Waals surface area contributed by atoms with Gasteiger partial charge in [0, 0.05) is 61.4 Å². The van der Waals surface area contributed by atoms with E-state index >= 15 is 4.79 Å². The number of nitrogens with one attached hydrogen (secondary N) is 4. The lowest BCUT2D eigenvalue weighted by Gasteiger charge is -2.47. The van der Waals surface area contributed by atoms with E-state index in [2.05, 4.69) is 51.7 Å². The lowest BCUT2D eigenvalue weighted by atomic mass is 9.73. The number of rotatable bonds is 23. The van der Waals surface area contributed by atoms with Crippen LogP contribution in [0.3, 0.4) is 0 Å². The summed E-state index contributed by atoms with van der Waals surface area (Å²) < 4.78 is 77.2. The van der Waals surface area contributed by atoms with Crippen LogP contribution in [0.1, 0.15) is 64.2 Å². The van der Waals surface area contributed by atoms with Gasteiger partial charge in [0.2, 0.25) is 5.78 Å². The number of hydroxylamine groups is 1. The van der Waals surface area contributed by atoms with E-state index in [0.29, 0.717) is 0 Å². The van der Waals surface area contributed by atoms with Crippen molar-refractivity contribution in [3.8, 4) is 35.2 Å². The van der Waals surface area contributed by atoms with Gasteiger partial charge in [0.1, 0.15) is 30.5 Å². The molecule has 6 aliphatic heterocycles. The minimum atomic E-state index is -2.65. The molecule has 4 saturated heterocycles. The Balaban J connectivity index is 1.17. The molecule has 0 radical (unpaired) electrons. The first-order valence-electron chi connectivity index (χ1n) is 28.9. The van der Waals surface area contributed by atoms with Crippen molar-refractivity contribution in [2.24, 2.45) is 0 Å². The van der Waals surface area contributed by atoms with Gasteiger partial charge in [-0.2, -0.15) is 17.2 Å². The summed E-state index contributed by atoms with van der Waals surface area (Å²) in [5, 5.41) is 57.0. The standard InChI is InChI=1S/C60H80N4O22S4/c1-28(2)61-36-27-78-43(25-39(36)74-8)84-52-50(67)47(64-86-45-24-37(65)53(87-12)31(5)80-45)29(3)81-57(52)83-38-16-20-59(90-88-13)18-14-15-19-60(72)34(17-21-89-59)46(38)48(63-58(71)77-11)51(68)54(60)85-44-26-42(49(66)30(4)79-44)82-56(70)33-22-40(75-9)41(76-10)23-35(33)62-55(69)32(6)73-7/h14,17-18,22-23,28-31,36-39,42-45,47,49-50,52-54,57,61,64-67,72H,6,21,24-27H2,1-5,7-13H3,(H,62,69)(H,63,71)/b18-14-,34-17+/t29-,30+,31-,36+,37+,38+,39+,42+,43+,44?,45+,47-,49+,50+,52-,53-,54-,57+,59?,60-/m1/s1. The van der Waals surface area contributed by atoms with Gasteiger partial charge in [0.05, 0.1) is 99.8 Å². The highest BCUT2D eigenvalue weighted by atomic mass is 33.1. The van der Waals surface area contributed by atoms with Crippen molar-refractivity contribution in [1.82, 2.24) is 16.1 Å². The van der Waals surface area contributed by atoms with Crippen LogP contribution >= 0.6 is 45.1 Å². The second kappa shape index (κ2) is 31.5. The average molecular weight is 1340 g/mol. The molecule has 2 amide bonds. The number of thioether (sulfide) groups is 2. The molecule has 0 aromatic heterocycles. The number of fused-ring (bicyclic) bond motifs is 3. The Bertz CT molecular complexity index is 3000. The molecule has 1 aliphatic carbocycles. The van der Waals surface area contributed by atoms with E-state index in [1.807, 2.05) is 33.3 Å². The molecule has 90 heavy (non-hydrogen) atoms. The number of aliphatic hydroxyl groups excluding tert-OH is 3. The zero-order valence-electron chi connectivity index (χ0n) is 51.9. The van der Waals surface area contributed by atoms with Crippen LogP contribution in [0.25, 0.3) is 0 Å². The van der Waals surface area contributed by atoms with E-state index < -0.39 is 138 Å². The first kappa shape index (κ1) is 71.2. The summed E-state index contributed by atoms with van der Waals surface area (Å²) >= 11 is 2.83. The lowest BCUT2D eigenvalue weighted by molar-refractivity contribution is -0.336. The van der Waals surface area contributed by atoms with Crippen molar-refractivity contribution in [2.45, 2.75) is 179 Å². The van der Waals surface area contributed by atoms with Crippen molar-refractivity contribution in [3.05, 3.63) is 65.1 Å². The predicted molar refractivity (Wildman–Crippen MR) is 333 cm³/mol. The van der Waals surface area contributed by atoms with E-state index in [1.165, 1.54) is 91.6 Å². The normalized spacial score (nSPS) is 36.6. The highest BCUT2D eigenvalue weighted by molar-refractivity contribution is 8.78. The van der Waals surface area contributed by atoms with Crippen LogP contribution in [0.5, 0.6) is 11.5 Å². The first-order valence-corrected chi connectivity index (χ1v) is 33.8. The van der Waals surface area contributed by atoms with E-state index in [9.17, 15) is 34.8 Å². The Morgan fingerprint density at radius 2 is 1.58 bits per heavy atom. The number of hydrogen-bond acceptors (Lipinski definition) is 28. The zero-order chi connectivity index (χ0) is 65.4. The predicted octanol–water partition coefficient (Wildman–Crippen LogP) is 3.21. The van der Waals surface area contributed by atoms with Crippen LogP contribution < -0.4 is 30.9 Å². The smallest absolute Gasteiger partial charge is 0.411 e. The van der Waals surface area contributed by atoms with E-state index in [4.69, 9.17) is 66.4 Å². The van der Waals surface area contributed by atoms with Crippen molar-refractivity contribution in [3.63, 3.8) is 0 Å². The van der Waals surface area contributed by atoms with Crippen LogP contribution in [0.15, 0.2) is 59.5 Å². The Morgan fingerprint density at radius 3 is 2.24 bits per heavy atom.